The molecule has 2 heterocycles. The van der Waals surface area contributed by atoms with Crippen LogP contribution in [0.1, 0.15) is 45.4 Å². The second-order valence-electron chi connectivity index (χ2n) is 5.21. The molecule has 0 saturated carbocycles. The van der Waals surface area contributed by atoms with Crippen LogP contribution in [0.15, 0.2) is 0 Å². The normalized spacial score (nSPS) is 38.8. The van der Waals surface area contributed by atoms with Crippen LogP contribution in [-0.4, -0.2) is 23.6 Å². The molecule has 2 heteroatoms. The molecule has 0 amide bonds. The molecule has 0 spiro atoms. The van der Waals surface area contributed by atoms with E-state index < -0.39 is 0 Å². The van der Waals surface area contributed by atoms with Crippen molar-refractivity contribution >= 4 is 11.8 Å². The van der Waals surface area contributed by atoms with Gasteiger partial charge in [0.2, 0.25) is 0 Å². The molecular weight excluding hydrogens is 190 g/mol. The quantitative estimate of drug-likeness (QED) is 0.773. The highest BCUT2D eigenvalue weighted by Crippen LogP contribution is 2.31. The molecule has 0 aromatic rings. The third-order valence-electron chi connectivity index (χ3n) is 3.84. The molecule has 2 aliphatic heterocycles. The zero-order valence-electron chi connectivity index (χ0n) is 9.35. The first kappa shape index (κ1) is 10.8. The summed E-state index contributed by atoms with van der Waals surface area (Å²) < 4.78 is 0. The van der Waals surface area contributed by atoms with Crippen LogP contribution >= 0.6 is 11.8 Å². The average molecular weight is 213 g/mol. The molecule has 2 atom stereocenters. The van der Waals surface area contributed by atoms with Gasteiger partial charge >= 0.3 is 0 Å². The Morgan fingerprint density at radius 1 is 1.43 bits per heavy atom. The summed E-state index contributed by atoms with van der Waals surface area (Å²) in [5, 5.41) is 3.71. The lowest BCUT2D eigenvalue weighted by Crippen LogP contribution is -2.46. The minimum Gasteiger partial charge on any atom is -0.312 e. The minimum atomic E-state index is 0.478. The third-order valence-corrected chi connectivity index (χ3v) is 5.07. The van der Waals surface area contributed by atoms with Gasteiger partial charge in [0.15, 0.2) is 0 Å². The van der Waals surface area contributed by atoms with Crippen molar-refractivity contribution in [1.82, 2.24) is 5.32 Å². The highest BCUT2D eigenvalue weighted by atomic mass is 32.2. The molecule has 2 rings (SSSR count). The zero-order valence-corrected chi connectivity index (χ0v) is 10.2. The SMILES string of the molecule is CC1(CCC2CCSC2)CCCCN1. The molecule has 0 aromatic heterocycles. The second kappa shape index (κ2) is 4.89. The van der Waals surface area contributed by atoms with E-state index in [9.17, 15) is 0 Å². The van der Waals surface area contributed by atoms with E-state index >= 15 is 0 Å². The molecular formula is C12H23NS. The van der Waals surface area contributed by atoms with Crippen molar-refractivity contribution in [2.24, 2.45) is 5.92 Å². The number of rotatable bonds is 3. The lowest BCUT2D eigenvalue weighted by atomic mass is 9.84. The lowest BCUT2D eigenvalue weighted by Gasteiger charge is -2.35. The Kier molecular flexibility index (Phi) is 3.78. The van der Waals surface area contributed by atoms with Gasteiger partial charge in [-0.2, -0.15) is 11.8 Å². The Hall–Kier alpha value is 0.310. The van der Waals surface area contributed by atoms with Crippen LogP contribution in [-0.2, 0) is 0 Å². The Balaban J connectivity index is 1.72. The molecule has 14 heavy (non-hydrogen) atoms. The van der Waals surface area contributed by atoms with E-state index in [-0.39, 0.29) is 0 Å². The summed E-state index contributed by atoms with van der Waals surface area (Å²) in [5.41, 5.74) is 0.478. The molecule has 2 aliphatic rings. The van der Waals surface area contributed by atoms with Gasteiger partial charge in [-0.3, -0.25) is 0 Å². The first-order chi connectivity index (χ1) is 6.79. The van der Waals surface area contributed by atoms with Gasteiger partial charge in [0, 0.05) is 5.54 Å². The summed E-state index contributed by atoms with van der Waals surface area (Å²) in [6, 6.07) is 0. The number of thioether (sulfide) groups is 1. The molecule has 0 aromatic carbocycles. The van der Waals surface area contributed by atoms with E-state index in [1.54, 1.807) is 0 Å². The van der Waals surface area contributed by atoms with E-state index in [2.05, 4.69) is 24.0 Å². The summed E-state index contributed by atoms with van der Waals surface area (Å²) >= 11 is 2.15. The average Bonchev–Trinajstić information content (AvgIpc) is 2.69. The predicted octanol–water partition coefficient (Wildman–Crippen LogP) is 3.05. The highest BCUT2D eigenvalue weighted by molar-refractivity contribution is 7.99. The topological polar surface area (TPSA) is 12.0 Å². The van der Waals surface area contributed by atoms with E-state index in [4.69, 9.17) is 0 Å². The van der Waals surface area contributed by atoms with Gasteiger partial charge in [-0.25, -0.2) is 0 Å². The van der Waals surface area contributed by atoms with E-state index in [0.29, 0.717) is 5.54 Å². The summed E-state index contributed by atoms with van der Waals surface area (Å²) in [6.07, 6.45) is 8.54. The molecule has 0 aliphatic carbocycles. The van der Waals surface area contributed by atoms with Gasteiger partial charge in [-0.1, -0.05) is 6.42 Å². The Morgan fingerprint density at radius 2 is 2.36 bits per heavy atom. The predicted molar refractivity (Wildman–Crippen MR) is 64.9 cm³/mol. The Morgan fingerprint density at radius 3 is 3.00 bits per heavy atom. The van der Waals surface area contributed by atoms with Crippen LogP contribution in [0.5, 0.6) is 0 Å². The van der Waals surface area contributed by atoms with Crippen molar-refractivity contribution in [2.45, 2.75) is 51.0 Å². The van der Waals surface area contributed by atoms with Crippen LogP contribution in [0.2, 0.25) is 0 Å². The Bertz CT molecular complexity index is 169. The molecule has 0 bridgehead atoms. The molecule has 2 saturated heterocycles. The fourth-order valence-corrected chi connectivity index (χ4v) is 4.00. The largest absolute Gasteiger partial charge is 0.312 e. The van der Waals surface area contributed by atoms with Crippen LogP contribution < -0.4 is 5.32 Å². The summed E-state index contributed by atoms with van der Waals surface area (Å²) in [6.45, 7) is 3.67. The number of hydrogen-bond acceptors (Lipinski definition) is 2. The summed E-state index contributed by atoms with van der Waals surface area (Å²) in [4.78, 5) is 0. The van der Waals surface area contributed by atoms with Crippen molar-refractivity contribution in [3.8, 4) is 0 Å². The summed E-state index contributed by atoms with van der Waals surface area (Å²) in [7, 11) is 0. The zero-order chi connectivity index (χ0) is 9.86. The van der Waals surface area contributed by atoms with Gasteiger partial charge in [0.05, 0.1) is 0 Å². The van der Waals surface area contributed by atoms with Crippen molar-refractivity contribution < 1.29 is 0 Å². The van der Waals surface area contributed by atoms with Crippen molar-refractivity contribution in [3.63, 3.8) is 0 Å². The first-order valence-corrected chi connectivity index (χ1v) is 7.27. The first-order valence-electron chi connectivity index (χ1n) is 6.11. The fraction of sp³-hybridized carbons (Fsp3) is 1.00. The van der Waals surface area contributed by atoms with Gasteiger partial charge in [-0.05, 0) is 63.0 Å². The summed E-state index contributed by atoms with van der Waals surface area (Å²) in [5.74, 6) is 3.87. The van der Waals surface area contributed by atoms with Crippen LogP contribution in [0.25, 0.3) is 0 Å². The molecule has 2 fully saturated rings. The third kappa shape index (κ3) is 2.90. The maximum absolute atomic E-state index is 3.71. The van der Waals surface area contributed by atoms with Crippen molar-refractivity contribution in [1.29, 1.82) is 0 Å². The highest BCUT2D eigenvalue weighted by Gasteiger charge is 2.27. The molecule has 1 N–H and O–H groups in total. The standard InChI is InChI=1S/C12H23NS/c1-12(6-2-3-8-13-12)7-4-11-5-9-14-10-11/h11,13H,2-10H2,1H3. The van der Waals surface area contributed by atoms with E-state index in [0.717, 1.165) is 5.92 Å². The monoisotopic (exact) mass is 213 g/mol. The van der Waals surface area contributed by atoms with Crippen molar-refractivity contribution in [2.75, 3.05) is 18.1 Å². The van der Waals surface area contributed by atoms with Crippen LogP contribution in [0.3, 0.4) is 0 Å². The maximum Gasteiger partial charge on any atom is 0.0153 e. The Labute approximate surface area is 92.4 Å². The molecule has 0 radical (unpaired) electrons. The minimum absolute atomic E-state index is 0.478. The number of hydrogen-bond donors (Lipinski definition) is 1. The fourth-order valence-electron chi connectivity index (χ4n) is 2.67. The smallest absolute Gasteiger partial charge is 0.0153 e. The van der Waals surface area contributed by atoms with E-state index in [1.807, 2.05) is 0 Å². The molecule has 2 unspecified atom stereocenters. The molecule has 1 nitrogen and oxygen atoms in total. The van der Waals surface area contributed by atoms with Gasteiger partial charge < -0.3 is 5.32 Å². The number of piperidine rings is 1. The molecule has 82 valence electrons. The van der Waals surface area contributed by atoms with Crippen molar-refractivity contribution in [3.05, 3.63) is 0 Å². The second-order valence-corrected chi connectivity index (χ2v) is 6.36. The van der Waals surface area contributed by atoms with Crippen LogP contribution in [0.4, 0.5) is 0 Å². The van der Waals surface area contributed by atoms with Crippen LogP contribution in [0, 0.1) is 5.92 Å². The van der Waals surface area contributed by atoms with Gasteiger partial charge in [0.25, 0.3) is 0 Å². The lowest BCUT2D eigenvalue weighted by molar-refractivity contribution is 0.244. The maximum atomic E-state index is 3.71. The van der Waals surface area contributed by atoms with Gasteiger partial charge in [-0.15, -0.1) is 0 Å². The van der Waals surface area contributed by atoms with E-state index in [1.165, 1.54) is 56.6 Å². The van der Waals surface area contributed by atoms with Gasteiger partial charge in [0.1, 0.15) is 0 Å². The number of nitrogens with one attached hydrogen (secondary N) is 1.